The second-order valence-corrected chi connectivity index (χ2v) is 5.81. The molecule has 0 spiro atoms. The van der Waals surface area contributed by atoms with Crippen LogP contribution in [0, 0.1) is 11.8 Å². The zero-order valence-electron chi connectivity index (χ0n) is 10.9. The lowest BCUT2D eigenvalue weighted by molar-refractivity contribution is -0.136. The smallest absolute Gasteiger partial charge is 0.246 e. The van der Waals surface area contributed by atoms with E-state index in [1.54, 1.807) is 0 Å². The van der Waals surface area contributed by atoms with Gasteiger partial charge < -0.3 is 15.4 Å². The number of hydrogen-bond donors (Lipinski definition) is 2. The van der Waals surface area contributed by atoms with Crippen LogP contribution in [0.5, 0.6) is 0 Å². The number of hydrogen-bond acceptors (Lipinski definition) is 3. The van der Waals surface area contributed by atoms with Crippen molar-refractivity contribution in [2.45, 2.75) is 38.7 Å². The number of nitrogens with one attached hydrogen (secondary N) is 2. The van der Waals surface area contributed by atoms with Crippen molar-refractivity contribution in [1.29, 1.82) is 0 Å². The zero-order valence-corrected chi connectivity index (χ0v) is 10.9. The Morgan fingerprint density at radius 2 is 2.24 bits per heavy atom. The maximum Gasteiger partial charge on any atom is 0.246 e. The van der Waals surface area contributed by atoms with Gasteiger partial charge in [0.15, 0.2) is 0 Å². The Kier molecular flexibility index (Phi) is 4.05. The first-order valence-corrected chi connectivity index (χ1v) is 6.70. The minimum atomic E-state index is -0.127. The highest BCUT2D eigenvalue weighted by Crippen LogP contribution is 2.30. The molecule has 0 aromatic carbocycles. The fourth-order valence-corrected chi connectivity index (χ4v) is 2.64. The van der Waals surface area contributed by atoms with Crippen molar-refractivity contribution in [3.8, 4) is 0 Å². The summed E-state index contributed by atoms with van der Waals surface area (Å²) in [7, 11) is 0. The van der Waals surface area contributed by atoms with Crippen molar-refractivity contribution in [1.82, 2.24) is 10.6 Å². The normalized spacial score (nSPS) is 30.9. The zero-order chi connectivity index (χ0) is 12.3. The molecule has 1 amide bonds. The molecule has 0 bridgehead atoms. The van der Waals surface area contributed by atoms with Gasteiger partial charge >= 0.3 is 0 Å². The lowest BCUT2D eigenvalue weighted by Crippen LogP contribution is -2.59. The van der Waals surface area contributed by atoms with Gasteiger partial charge in [-0.25, -0.2) is 0 Å². The fourth-order valence-electron chi connectivity index (χ4n) is 2.64. The molecule has 1 saturated heterocycles. The largest absolute Gasteiger partial charge is 0.363 e. The van der Waals surface area contributed by atoms with Crippen LogP contribution >= 0.6 is 0 Å². The van der Waals surface area contributed by atoms with Crippen molar-refractivity contribution in [2.24, 2.45) is 11.8 Å². The van der Waals surface area contributed by atoms with Gasteiger partial charge in [-0.2, -0.15) is 0 Å². The van der Waals surface area contributed by atoms with E-state index in [0.29, 0.717) is 5.92 Å². The summed E-state index contributed by atoms with van der Waals surface area (Å²) in [5.74, 6) is 1.45. The highest BCUT2D eigenvalue weighted by atomic mass is 16.5. The quantitative estimate of drug-likeness (QED) is 0.751. The molecule has 2 N–H and O–H groups in total. The summed E-state index contributed by atoms with van der Waals surface area (Å²) >= 11 is 0. The van der Waals surface area contributed by atoms with E-state index in [0.717, 1.165) is 25.6 Å². The predicted molar refractivity (Wildman–Crippen MR) is 66.7 cm³/mol. The molecular weight excluding hydrogens is 216 g/mol. The predicted octanol–water partition coefficient (Wildman–Crippen LogP) is 0.917. The van der Waals surface area contributed by atoms with Crippen molar-refractivity contribution in [3.05, 3.63) is 0 Å². The molecule has 1 saturated carbocycles. The molecule has 2 rings (SSSR count). The average molecular weight is 240 g/mol. The summed E-state index contributed by atoms with van der Waals surface area (Å²) < 4.78 is 5.59. The van der Waals surface area contributed by atoms with Crippen molar-refractivity contribution in [2.75, 3.05) is 26.2 Å². The van der Waals surface area contributed by atoms with Gasteiger partial charge in [-0.15, -0.1) is 0 Å². The van der Waals surface area contributed by atoms with Gasteiger partial charge in [-0.05, 0) is 25.2 Å². The van der Waals surface area contributed by atoms with E-state index >= 15 is 0 Å². The van der Waals surface area contributed by atoms with Crippen LogP contribution in [0.15, 0.2) is 0 Å². The SMILES string of the molecule is CC1CCCC1CNC(=O)COC1(C)CNC1. The van der Waals surface area contributed by atoms with Gasteiger partial charge in [-0.3, -0.25) is 4.79 Å². The third-order valence-corrected chi connectivity index (χ3v) is 4.15. The van der Waals surface area contributed by atoms with E-state index in [4.69, 9.17) is 4.74 Å². The Bertz CT molecular complexity index is 277. The molecular formula is C13H24N2O2. The van der Waals surface area contributed by atoms with Gasteiger partial charge in [0.1, 0.15) is 6.61 Å². The van der Waals surface area contributed by atoms with E-state index in [-0.39, 0.29) is 18.1 Å². The summed E-state index contributed by atoms with van der Waals surface area (Å²) in [5.41, 5.74) is -0.127. The molecule has 4 heteroatoms. The Hall–Kier alpha value is -0.610. The number of amides is 1. The first-order valence-electron chi connectivity index (χ1n) is 6.70. The second kappa shape index (κ2) is 5.36. The minimum Gasteiger partial charge on any atom is -0.363 e. The molecule has 2 aliphatic rings. The molecule has 0 aromatic rings. The van der Waals surface area contributed by atoms with E-state index in [2.05, 4.69) is 17.6 Å². The average Bonchev–Trinajstić information content (AvgIpc) is 2.67. The Morgan fingerprint density at radius 3 is 2.76 bits per heavy atom. The standard InChI is InChI=1S/C13H24N2O2/c1-10-4-3-5-11(10)6-15-12(16)7-17-13(2)8-14-9-13/h10-11,14H,3-9H2,1-2H3,(H,15,16). The first kappa shape index (κ1) is 12.8. The van der Waals surface area contributed by atoms with Crippen LogP contribution in [-0.2, 0) is 9.53 Å². The first-order chi connectivity index (χ1) is 8.09. The molecule has 0 radical (unpaired) electrons. The summed E-state index contributed by atoms with van der Waals surface area (Å²) in [6.45, 7) is 7.02. The Labute approximate surface area is 103 Å². The van der Waals surface area contributed by atoms with Crippen molar-refractivity contribution in [3.63, 3.8) is 0 Å². The molecule has 1 heterocycles. The molecule has 98 valence electrons. The molecule has 2 unspecified atom stereocenters. The van der Waals surface area contributed by atoms with Crippen LogP contribution < -0.4 is 10.6 Å². The lowest BCUT2D eigenvalue weighted by atomic mass is 9.98. The summed E-state index contributed by atoms with van der Waals surface area (Å²) in [6, 6.07) is 0. The van der Waals surface area contributed by atoms with Crippen LogP contribution in [0.4, 0.5) is 0 Å². The van der Waals surface area contributed by atoms with Crippen molar-refractivity contribution < 1.29 is 9.53 Å². The fraction of sp³-hybridized carbons (Fsp3) is 0.923. The maximum absolute atomic E-state index is 11.6. The summed E-state index contributed by atoms with van der Waals surface area (Å²) in [4.78, 5) is 11.6. The Morgan fingerprint density at radius 1 is 1.47 bits per heavy atom. The van der Waals surface area contributed by atoms with Crippen LogP contribution in [0.3, 0.4) is 0 Å². The van der Waals surface area contributed by atoms with Crippen LogP contribution in [0.25, 0.3) is 0 Å². The van der Waals surface area contributed by atoms with E-state index in [1.165, 1.54) is 19.3 Å². The minimum absolute atomic E-state index is 0.0252. The molecule has 4 nitrogen and oxygen atoms in total. The highest BCUT2D eigenvalue weighted by Gasteiger charge is 2.33. The number of rotatable bonds is 5. The summed E-state index contributed by atoms with van der Waals surface area (Å²) in [6.07, 6.45) is 3.87. The van der Waals surface area contributed by atoms with E-state index < -0.39 is 0 Å². The van der Waals surface area contributed by atoms with Crippen LogP contribution in [-0.4, -0.2) is 37.7 Å². The van der Waals surface area contributed by atoms with Gasteiger partial charge in [0.25, 0.3) is 0 Å². The molecule has 2 fully saturated rings. The molecule has 0 aromatic heterocycles. The van der Waals surface area contributed by atoms with Crippen LogP contribution in [0.1, 0.15) is 33.1 Å². The monoisotopic (exact) mass is 240 g/mol. The van der Waals surface area contributed by atoms with E-state index in [1.807, 2.05) is 6.92 Å². The third kappa shape index (κ3) is 3.42. The third-order valence-electron chi connectivity index (χ3n) is 4.15. The topological polar surface area (TPSA) is 50.4 Å². The summed E-state index contributed by atoms with van der Waals surface area (Å²) in [5, 5.41) is 6.14. The molecule has 2 atom stereocenters. The number of carbonyl (C=O) groups excluding carboxylic acids is 1. The molecule has 17 heavy (non-hydrogen) atoms. The molecule has 1 aliphatic heterocycles. The molecule has 1 aliphatic carbocycles. The van der Waals surface area contributed by atoms with Gasteiger partial charge in [0, 0.05) is 19.6 Å². The Balaban J connectivity index is 1.60. The second-order valence-electron chi connectivity index (χ2n) is 5.81. The van der Waals surface area contributed by atoms with Gasteiger partial charge in [0.2, 0.25) is 5.91 Å². The number of ether oxygens (including phenoxy) is 1. The lowest BCUT2D eigenvalue weighted by Gasteiger charge is -2.38. The van der Waals surface area contributed by atoms with Gasteiger partial charge in [0.05, 0.1) is 5.60 Å². The van der Waals surface area contributed by atoms with E-state index in [9.17, 15) is 4.79 Å². The van der Waals surface area contributed by atoms with Crippen LogP contribution in [0.2, 0.25) is 0 Å². The highest BCUT2D eigenvalue weighted by molar-refractivity contribution is 5.77. The van der Waals surface area contributed by atoms with Crippen molar-refractivity contribution >= 4 is 5.91 Å². The number of carbonyl (C=O) groups is 1. The van der Waals surface area contributed by atoms with Gasteiger partial charge in [-0.1, -0.05) is 19.8 Å². The maximum atomic E-state index is 11.6.